The molecule has 1 aliphatic heterocycles. The number of hydrogen-bond donors (Lipinski definition) is 0. The first kappa shape index (κ1) is 21.4. The lowest BCUT2D eigenvalue weighted by atomic mass is 10.1. The molecule has 5 rings (SSSR count). The number of ether oxygens (including phenoxy) is 2. The van der Waals surface area contributed by atoms with Crippen LogP contribution in [0.3, 0.4) is 0 Å². The van der Waals surface area contributed by atoms with E-state index in [2.05, 4.69) is 4.99 Å². The number of nitrogens with zero attached hydrogens (tertiary/aromatic N) is 1. The van der Waals surface area contributed by atoms with Crippen LogP contribution in [0.1, 0.15) is 20.8 Å². The maximum absolute atomic E-state index is 12.9. The van der Waals surface area contributed by atoms with Gasteiger partial charge in [-0.05, 0) is 42.5 Å². The Bertz CT molecular complexity index is 1470. The summed E-state index contributed by atoms with van der Waals surface area (Å²) in [5.41, 5.74) is 1.20. The smallest absolute Gasteiger partial charge is 0.363 e. The third kappa shape index (κ3) is 4.28. The molecule has 33 heavy (non-hydrogen) atoms. The number of esters is 2. The largest absolute Gasteiger partial charge is 0.422 e. The van der Waals surface area contributed by atoms with Crippen molar-refractivity contribution >= 4 is 68.5 Å². The lowest BCUT2D eigenvalue weighted by Crippen LogP contribution is -2.08. The van der Waals surface area contributed by atoms with Gasteiger partial charge in [-0.2, -0.15) is 0 Å². The van der Waals surface area contributed by atoms with Crippen LogP contribution in [0.15, 0.2) is 83.5 Å². The number of benzene rings is 3. The number of rotatable bonds is 4. The molecule has 0 amide bonds. The van der Waals surface area contributed by atoms with Crippen molar-refractivity contribution in [1.82, 2.24) is 0 Å². The van der Waals surface area contributed by atoms with Crippen molar-refractivity contribution in [2.24, 2.45) is 4.99 Å². The minimum absolute atomic E-state index is 0.0864. The number of carbonyl (C=O) groups is 2. The lowest BCUT2D eigenvalue weighted by Gasteiger charge is -2.07. The fourth-order valence-corrected chi connectivity index (χ4v) is 4.77. The summed E-state index contributed by atoms with van der Waals surface area (Å²) < 4.78 is 11.8. The van der Waals surface area contributed by atoms with Crippen LogP contribution in [0.2, 0.25) is 10.0 Å². The zero-order valence-electron chi connectivity index (χ0n) is 16.7. The highest BCUT2D eigenvalue weighted by atomic mass is 35.5. The molecule has 1 aromatic heterocycles. The zero-order chi connectivity index (χ0) is 22.9. The van der Waals surface area contributed by atoms with Gasteiger partial charge in [-0.1, -0.05) is 59.6 Å². The molecule has 0 atom stereocenters. The van der Waals surface area contributed by atoms with Crippen molar-refractivity contribution in [3.05, 3.63) is 105 Å². The minimum atomic E-state index is -0.603. The van der Waals surface area contributed by atoms with E-state index in [1.54, 1.807) is 48.5 Å². The second-order valence-electron chi connectivity index (χ2n) is 7.01. The summed E-state index contributed by atoms with van der Waals surface area (Å²) in [5, 5.41) is 1.71. The molecule has 0 spiro atoms. The highest BCUT2D eigenvalue weighted by Gasteiger charge is 2.25. The maximum atomic E-state index is 12.9. The van der Waals surface area contributed by atoms with Gasteiger partial charge >= 0.3 is 11.9 Å². The zero-order valence-corrected chi connectivity index (χ0v) is 19.1. The predicted octanol–water partition coefficient (Wildman–Crippen LogP) is 6.77. The first-order valence-corrected chi connectivity index (χ1v) is 11.3. The molecule has 4 aromatic rings. The van der Waals surface area contributed by atoms with Crippen LogP contribution < -0.4 is 4.74 Å². The first-order chi connectivity index (χ1) is 16.0. The van der Waals surface area contributed by atoms with Gasteiger partial charge in [-0.15, -0.1) is 11.3 Å². The SMILES string of the molecule is O=C1OC(c2ccc(Cl)cc2)=N/C1=C/c1ccccc1OC(=O)c1sc2ccccc2c1Cl. The molecule has 1 aliphatic rings. The number of cyclic esters (lactones) is 1. The number of fused-ring (bicyclic) bond motifs is 1. The van der Waals surface area contributed by atoms with Crippen LogP contribution in [0.4, 0.5) is 0 Å². The standard InChI is InChI=1S/C25H13Cl2NO4S/c26-16-11-9-14(10-12-16)23-28-18(24(29)32-23)13-15-5-1-3-7-19(15)31-25(30)22-21(27)17-6-2-4-8-20(17)33-22/h1-13H/b18-13+. The number of carbonyl (C=O) groups excluding carboxylic acids is 2. The Morgan fingerprint density at radius 2 is 1.70 bits per heavy atom. The van der Waals surface area contributed by atoms with Crippen LogP contribution in [-0.2, 0) is 9.53 Å². The Kier molecular flexibility index (Phi) is 5.72. The topological polar surface area (TPSA) is 65.0 Å². The number of thiophene rings is 1. The van der Waals surface area contributed by atoms with E-state index in [1.807, 2.05) is 24.3 Å². The van der Waals surface area contributed by atoms with E-state index in [0.29, 0.717) is 26.0 Å². The number of halogens is 2. The normalized spacial score (nSPS) is 14.4. The first-order valence-electron chi connectivity index (χ1n) is 9.76. The highest BCUT2D eigenvalue weighted by Crippen LogP contribution is 2.36. The number of hydrogen-bond acceptors (Lipinski definition) is 6. The molecule has 0 unspecified atom stereocenters. The van der Waals surface area contributed by atoms with E-state index in [0.717, 1.165) is 10.1 Å². The Morgan fingerprint density at radius 3 is 2.48 bits per heavy atom. The van der Waals surface area contributed by atoms with Gasteiger partial charge in [0.05, 0.1) is 5.02 Å². The molecule has 0 saturated heterocycles. The fraction of sp³-hybridized carbons (Fsp3) is 0. The molecule has 5 nitrogen and oxygen atoms in total. The van der Waals surface area contributed by atoms with E-state index in [4.69, 9.17) is 32.7 Å². The van der Waals surface area contributed by atoms with Gasteiger partial charge in [0.1, 0.15) is 10.6 Å². The van der Waals surface area contributed by atoms with Gasteiger partial charge in [0.2, 0.25) is 5.90 Å². The molecular weight excluding hydrogens is 481 g/mol. The molecule has 8 heteroatoms. The van der Waals surface area contributed by atoms with Crippen LogP contribution in [-0.4, -0.2) is 17.8 Å². The van der Waals surface area contributed by atoms with Crippen molar-refractivity contribution in [1.29, 1.82) is 0 Å². The Hall–Kier alpha value is -3.45. The summed E-state index contributed by atoms with van der Waals surface area (Å²) in [6.07, 6.45) is 1.51. The van der Waals surface area contributed by atoms with Crippen LogP contribution in [0.25, 0.3) is 16.2 Å². The van der Waals surface area contributed by atoms with E-state index in [1.165, 1.54) is 17.4 Å². The van der Waals surface area contributed by atoms with Crippen molar-refractivity contribution in [3.63, 3.8) is 0 Å². The Labute approximate surface area is 202 Å². The van der Waals surface area contributed by atoms with E-state index < -0.39 is 11.9 Å². The summed E-state index contributed by atoms with van der Waals surface area (Å²) in [5.74, 6) is -0.735. The quantitative estimate of drug-likeness (QED) is 0.178. The lowest BCUT2D eigenvalue weighted by molar-refractivity contribution is -0.129. The Morgan fingerprint density at radius 1 is 0.970 bits per heavy atom. The van der Waals surface area contributed by atoms with Gasteiger partial charge < -0.3 is 9.47 Å². The molecule has 0 bridgehead atoms. The predicted molar refractivity (Wildman–Crippen MR) is 130 cm³/mol. The van der Waals surface area contributed by atoms with E-state index >= 15 is 0 Å². The van der Waals surface area contributed by atoms with Gasteiger partial charge in [0.25, 0.3) is 0 Å². The monoisotopic (exact) mass is 493 g/mol. The van der Waals surface area contributed by atoms with Gasteiger partial charge in [0.15, 0.2) is 5.70 Å². The Balaban J connectivity index is 1.44. The summed E-state index contributed by atoms with van der Waals surface area (Å²) in [6.45, 7) is 0. The van der Waals surface area contributed by atoms with Gasteiger partial charge in [-0.25, -0.2) is 14.6 Å². The minimum Gasteiger partial charge on any atom is -0.422 e. The van der Waals surface area contributed by atoms with Crippen LogP contribution in [0, 0.1) is 0 Å². The average molecular weight is 494 g/mol. The fourth-order valence-electron chi connectivity index (χ4n) is 3.26. The van der Waals surface area contributed by atoms with E-state index in [-0.39, 0.29) is 17.3 Å². The molecule has 162 valence electrons. The summed E-state index contributed by atoms with van der Waals surface area (Å²) in [6, 6.07) is 21.1. The second kappa shape index (κ2) is 8.83. The van der Waals surface area contributed by atoms with Crippen LogP contribution in [0.5, 0.6) is 5.75 Å². The molecule has 0 fully saturated rings. The molecular formula is C25H13Cl2NO4S. The maximum Gasteiger partial charge on any atom is 0.363 e. The highest BCUT2D eigenvalue weighted by molar-refractivity contribution is 7.21. The molecule has 0 radical (unpaired) electrons. The summed E-state index contributed by atoms with van der Waals surface area (Å²) in [4.78, 5) is 29.8. The second-order valence-corrected chi connectivity index (χ2v) is 8.88. The van der Waals surface area contributed by atoms with Gasteiger partial charge in [0, 0.05) is 26.2 Å². The average Bonchev–Trinajstić information content (AvgIpc) is 3.35. The molecule has 3 aromatic carbocycles. The van der Waals surface area contributed by atoms with Crippen molar-refractivity contribution in [3.8, 4) is 5.75 Å². The van der Waals surface area contributed by atoms with Crippen LogP contribution >= 0.6 is 34.5 Å². The van der Waals surface area contributed by atoms with Gasteiger partial charge in [-0.3, -0.25) is 0 Å². The number of para-hydroxylation sites is 1. The number of aliphatic imine (C=N–C) groups is 1. The van der Waals surface area contributed by atoms with Crippen molar-refractivity contribution in [2.75, 3.05) is 0 Å². The molecule has 0 aliphatic carbocycles. The third-order valence-corrected chi connectivity index (χ3v) is 6.75. The third-order valence-electron chi connectivity index (χ3n) is 4.85. The molecule has 2 heterocycles. The molecule has 0 N–H and O–H groups in total. The molecule has 0 saturated carbocycles. The summed E-state index contributed by atoms with van der Waals surface area (Å²) in [7, 11) is 0. The van der Waals surface area contributed by atoms with Crippen molar-refractivity contribution in [2.45, 2.75) is 0 Å². The van der Waals surface area contributed by atoms with E-state index in [9.17, 15) is 9.59 Å². The summed E-state index contributed by atoms with van der Waals surface area (Å²) >= 11 is 13.6. The van der Waals surface area contributed by atoms with Crippen molar-refractivity contribution < 1.29 is 19.1 Å².